The summed E-state index contributed by atoms with van der Waals surface area (Å²) in [6.07, 6.45) is 3.87. The number of pyridine rings is 1. The molecule has 1 aromatic heterocycles. The lowest BCUT2D eigenvalue weighted by Crippen LogP contribution is -2.25. The van der Waals surface area contributed by atoms with Crippen LogP contribution in [0.25, 0.3) is 0 Å². The third-order valence-corrected chi connectivity index (χ3v) is 3.75. The molecule has 0 saturated carbocycles. The Hall–Kier alpha value is -2.41. The van der Waals surface area contributed by atoms with Gasteiger partial charge in [-0.25, -0.2) is 4.83 Å². The number of nitrogens with one attached hydrogen (secondary N) is 1. The maximum atomic E-state index is 11.9. The Morgan fingerprint density at radius 2 is 1.95 bits per heavy atom. The summed E-state index contributed by atoms with van der Waals surface area (Å²) in [5, 5.41) is 14.7. The fourth-order valence-corrected chi connectivity index (χ4v) is 2.28. The van der Waals surface area contributed by atoms with E-state index in [-0.39, 0.29) is 4.90 Å². The number of rotatable bonds is 4. The molecule has 0 radical (unpaired) electrons. The number of hydrogen-bond acceptors (Lipinski definition) is 4. The highest BCUT2D eigenvalue weighted by molar-refractivity contribution is 7.89. The summed E-state index contributed by atoms with van der Waals surface area (Å²) in [5.74, 6) is 0. The maximum absolute atomic E-state index is 11.9. The maximum Gasteiger partial charge on any atom is 0.276 e. The summed E-state index contributed by atoms with van der Waals surface area (Å²) in [6, 6.07) is 9.59. The average Bonchev–Trinajstić information content (AvgIpc) is 2.39. The van der Waals surface area contributed by atoms with Crippen molar-refractivity contribution in [2.24, 2.45) is 5.10 Å². The first-order valence-electron chi connectivity index (χ1n) is 5.78. The van der Waals surface area contributed by atoms with E-state index < -0.39 is 10.0 Å². The van der Waals surface area contributed by atoms with E-state index in [1.54, 1.807) is 24.3 Å². The van der Waals surface area contributed by atoms with Gasteiger partial charge in [0, 0.05) is 6.07 Å². The van der Waals surface area contributed by atoms with E-state index in [0.29, 0.717) is 10.3 Å². The van der Waals surface area contributed by atoms with Gasteiger partial charge in [-0.1, -0.05) is 17.7 Å². The van der Waals surface area contributed by atoms with Gasteiger partial charge in [-0.3, -0.25) is 0 Å². The van der Waals surface area contributed by atoms with Crippen molar-refractivity contribution < 1.29 is 13.1 Å². The van der Waals surface area contributed by atoms with Gasteiger partial charge in [-0.15, -0.1) is 0 Å². The van der Waals surface area contributed by atoms with Crippen molar-refractivity contribution in [3.63, 3.8) is 0 Å². The topological polar surface area (TPSA) is 85.5 Å². The molecular weight excluding hydrogens is 278 g/mol. The van der Waals surface area contributed by atoms with Gasteiger partial charge in [0.2, 0.25) is 0 Å². The lowest BCUT2D eigenvalue weighted by Gasteiger charge is -2.03. The van der Waals surface area contributed by atoms with Gasteiger partial charge in [0.15, 0.2) is 12.4 Å². The number of nitrogens with zero attached hydrogens (tertiary/aromatic N) is 2. The predicted octanol–water partition coefficient (Wildman–Crippen LogP) is 0.941. The van der Waals surface area contributed by atoms with Gasteiger partial charge in [0.25, 0.3) is 10.0 Å². The molecule has 2 aromatic rings. The van der Waals surface area contributed by atoms with Crippen molar-refractivity contribution in [1.29, 1.82) is 0 Å². The Kier molecular flexibility index (Phi) is 3.99. The van der Waals surface area contributed by atoms with Crippen LogP contribution in [0.2, 0.25) is 0 Å². The molecule has 1 N–H and O–H groups in total. The average molecular weight is 291 g/mol. The van der Waals surface area contributed by atoms with Gasteiger partial charge in [0.05, 0.1) is 16.7 Å². The van der Waals surface area contributed by atoms with E-state index in [0.717, 1.165) is 5.56 Å². The summed E-state index contributed by atoms with van der Waals surface area (Å²) >= 11 is 0. The third kappa shape index (κ3) is 3.55. The second kappa shape index (κ2) is 5.70. The smallest absolute Gasteiger partial charge is 0.276 e. The van der Waals surface area contributed by atoms with Crippen molar-refractivity contribution in [3.8, 4) is 0 Å². The molecule has 0 aliphatic carbocycles. The van der Waals surface area contributed by atoms with Crippen LogP contribution in [-0.2, 0) is 10.0 Å². The van der Waals surface area contributed by atoms with Crippen LogP contribution < -0.4 is 9.56 Å². The van der Waals surface area contributed by atoms with E-state index in [9.17, 15) is 13.6 Å². The Bertz CT molecular complexity index is 725. The van der Waals surface area contributed by atoms with Gasteiger partial charge >= 0.3 is 0 Å². The molecule has 0 saturated heterocycles. The number of benzene rings is 1. The molecule has 0 spiro atoms. The van der Waals surface area contributed by atoms with E-state index in [1.807, 2.05) is 6.92 Å². The zero-order valence-electron chi connectivity index (χ0n) is 10.7. The second-order valence-corrected chi connectivity index (χ2v) is 5.82. The molecule has 2 rings (SSSR count). The van der Waals surface area contributed by atoms with Gasteiger partial charge in [-0.05, 0) is 25.1 Å². The molecule has 0 fully saturated rings. The minimum Gasteiger partial charge on any atom is -0.619 e. The van der Waals surface area contributed by atoms with Crippen LogP contribution in [-0.4, -0.2) is 14.6 Å². The summed E-state index contributed by atoms with van der Waals surface area (Å²) in [7, 11) is -3.69. The zero-order chi connectivity index (χ0) is 14.6. The molecule has 0 atom stereocenters. The number of hydrazone groups is 1. The molecule has 7 heteroatoms. The van der Waals surface area contributed by atoms with Crippen LogP contribution in [0.15, 0.2) is 58.8 Å². The normalized spacial score (nSPS) is 11.7. The number of sulfonamides is 1. The van der Waals surface area contributed by atoms with E-state index in [2.05, 4.69) is 9.93 Å². The molecule has 6 nitrogen and oxygen atoms in total. The summed E-state index contributed by atoms with van der Waals surface area (Å²) in [6.45, 7) is 1.87. The molecule has 0 bridgehead atoms. The number of hydrogen-bond donors (Lipinski definition) is 1. The minimum atomic E-state index is -3.69. The molecule has 1 heterocycles. The predicted molar refractivity (Wildman–Crippen MR) is 74.5 cm³/mol. The third-order valence-electron chi connectivity index (χ3n) is 2.52. The summed E-state index contributed by atoms with van der Waals surface area (Å²) in [5.41, 5.74) is 1.46. The first-order chi connectivity index (χ1) is 9.47. The highest BCUT2D eigenvalue weighted by atomic mass is 32.2. The number of aromatic nitrogens is 1. The van der Waals surface area contributed by atoms with Crippen molar-refractivity contribution in [2.45, 2.75) is 11.8 Å². The summed E-state index contributed by atoms with van der Waals surface area (Å²) in [4.78, 5) is 2.22. The fraction of sp³-hybridized carbons (Fsp3) is 0.0769. The Labute approximate surface area is 117 Å². The van der Waals surface area contributed by atoms with Crippen LogP contribution in [0.1, 0.15) is 11.1 Å². The molecule has 20 heavy (non-hydrogen) atoms. The molecular formula is C13H13N3O3S. The van der Waals surface area contributed by atoms with Crippen LogP contribution in [0.5, 0.6) is 0 Å². The lowest BCUT2D eigenvalue weighted by molar-refractivity contribution is -0.605. The van der Waals surface area contributed by atoms with Gasteiger partial charge in [0.1, 0.15) is 0 Å². The van der Waals surface area contributed by atoms with Crippen LogP contribution >= 0.6 is 0 Å². The standard InChI is InChI=1S/C13H13N3O3S/c1-11-4-6-13(7-5-11)20(18,19)15-14-9-12-3-2-8-16(17)10-12/h2-10,15H,1H3/b14-9+. The highest BCUT2D eigenvalue weighted by Crippen LogP contribution is 2.09. The molecule has 0 unspecified atom stereocenters. The number of aryl methyl sites for hydroxylation is 1. The lowest BCUT2D eigenvalue weighted by atomic mass is 10.2. The second-order valence-electron chi connectivity index (χ2n) is 4.16. The zero-order valence-corrected chi connectivity index (χ0v) is 11.5. The first kappa shape index (κ1) is 14.0. The first-order valence-corrected chi connectivity index (χ1v) is 7.26. The molecule has 0 amide bonds. The Balaban J connectivity index is 2.11. The Morgan fingerprint density at radius 3 is 2.60 bits per heavy atom. The quantitative estimate of drug-likeness (QED) is 0.394. The van der Waals surface area contributed by atoms with Crippen molar-refractivity contribution >= 4 is 16.2 Å². The van der Waals surface area contributed by atoms with Crippen molar-refractivity contribution in [1.82, 2.24) is 4.83 Å². The van der Waals surface area contributed by atoms with E-state index >= 15 is 0 Å². The Morgan fingerprint density at radius 1 is 1.25 bits per heavy atom. The van der Waals surface area contributed by atoms with Crippen molar-refractivity contribution in [3.05, 3.63) is 65.1 Å². The van der Waals surface area contributed by atoms with Crippen LogP contribution in [0, 0.1) is 12.1 Å². The highest BCUT2D eigenvalue weighted by Gasteiger charge is 2.11. The molecule has 0 aliphatic rings. The molecule has 0 aliphatic heterocycles. The van der Waals surface area contributed by atoms with E-state index in [1.165, 1.54) is 30.7 Å². The van der Waals surface area contributed by atoms with E-state index in [4.69, 9.17) is 0 Å². The molecule has 104 valence electrons. The van der Waals surface area contributed by atoms with Gasteiger partial charge < -0.3 is 5.21 Å². The van der Waals surface area contributed by atoms with Crippen LogP contribution in [0.4, 0.5) is 0 Å². The SMILES string of the molecule is Cc1ccc(S(=O)(=O)N/N=C/c2ccc[n+]([O-])c2)cc1. The van der Waals surface area contributed by atoms with Crippen molar-refractivity contribution in [2.75, 3.05) is 0 Å². The minimum absolute atomic E-state index is 0.132. The molecule has 1 aromatic carbocycles. The largest absolute Gasteiger partial charge is 0.619 e. The van der Waals surface area contributed by atoms with Gasteiger partial charge in [-0.2, -0.15) is 18.2 Å². The summed E-state index contributed by atoms with van der Waals surface area (Å²) < 4.78 is 24.4. The fourth-order valence-electron chi connectivity index (χ4n) is 1.49. The van der Waals surface area contributed by atoms with Crippen LogP contribution in [0.3, 0.4) is 0 Å². The monoisotopic (exact) mass is 291 g/mol.